The molecule has 0 saturated heterocycles. The zero-order valence-electron chi connectivity index (χ0n) is 7.96. The van der Waals surface area contributed by atoms with E-state index in [1.165, 1.54) is 18.2 Å². The molecule has 0 spiro atoms. The average Bonchev–Trinajstić information content (AvgIpc) is 2.63. The van der Waals surface area contributed by atoms with E-state index in [4.69, 9.17) is 16.3 Å². The zero-order chi connectivity index (χ0) is 12.4. The molecule has 17 heavy (non-hydrogen) atoms. The van der Waals surface area contributed by atoms with E-state index < -0.39 is 4.92 Å². The van der Waals surface area contributed by atoms with Crippen molar-refractivity contribution in [1.82, 2.24) is 10.2 Å². The van der Waals surface area contributed by atoms with Gasteiger partial charge in [-0.1, -0.05) is 16.7 Å². The van der Waals surface area contributed by atoms with E-state index >= 15 is 0 Å². The lowest BCUT2D eigenvalue weighted by Crippen LogP contribution is -1.93. The second-order valence-corrected chi connectivity index (χ2v) is 5.44. The Morgan fingerprint density at radius 1 is 1.47 bits per heavy atom. The third kappa shape index (κ3) is 2.90. The van der Waals surface area contributed by atoms with Gasteiger partial charge in [0.25, 0.3) is 0 Å². The van der Waals surface area contributed by atoms with Crippen LogP contribution in [0.1, 0.15) is 0 Å². The van der Waals surface area contributed by atoms with Crippen LogP contribution in [0, 0.1) is 10.1 Å². The van der Waals surface area contributed by atoms with E-state index in [-0.39, 0.29) is 16.6 Å². The van der Waals surface area contributed by atoms with Crippen molar-refractivity contribution < 1.29 is 9.66 Å². The first-order valence-electron chi connectivity index (χ1n) is 4.17. The summed E-state index contributed by atoms with van der Waals surface area (Å²) in [7, 11) is 0. The predicted molar refractivity (Wildman–Crippen MR) is 65.8 cm³/mol. The topological polar surface area (TPSA) is 78.2 Å². The highest BCUT2D eigenvalue weighted by Gasteiger charge is 2.17. The zero-order valence-corrected chi connectivity index (χ0v) is 11.1. The minimum atomic E-state index is -0.554. The van der Waals surface area contributed by atoms with Gasteiger partial charge in [-0.05, 0) is 33.3 Å². The van der Waals surface area contributed by atoms with Crippen LogP contribution < -0.4 is 4.74 Å². The van der Waals surface area contributed by atoms with Crippen LogP contribution in [-0.4, -0.2) is 15.1 Å². The molecule has 0 unspecified atom stereocenters. The molecule has 2 rings (SSSR count). The van der Waals surface area contributed by atoms with Gasteiger partial charge >= 0.3 is 10.9 Å². The second kappa shape index (κ2) is 4.94. The van der Waals surface area contributed by atoms with Gasteiger partial charge in [0.05, 0.1) is 4.92 Å². The highest BCUT2D eigenvalue weighted by atomic mass is 79.9. The molecule has 2 aromatic rings. The van der Waals surface area contributed by atoms with Crippen LogP contribution in [0.2, 0.25) is 5.02 Å². The molecule has 0 N–H and O–H groups in total. The number of nitro groups is 1. The van der Waals surface area contributed by atoms with Crippen molar-refractivity contribution in [3.63, 3.8) is 0 Å². The molecule has 9 heteroatoms. The van der Waals surface area contributed by atoms with Crippen LogP contribution in [0.15, 0.2) is 22.1 Å². The maximum atomic E-state index is 10.8. The summed E-state index contributed by atoms with van der Waals surface area (Å²) in [4.78, 5) is 10.2. The van der Waals surface area contributed by atoms with Gasteiger partial charge in [0.1, 0.15) is 0 Å². The Labute approximate surface area is 112 Å². The Morgan fingerprint density at radius 3 is 2.82 bits per heavy atom. The lowest BCUT2D eigenvalue weighted by atomic mass is 10.3. The minimum absolute atomic E-state index is 0.0335. The number of ether oxygens (including phenoxy) is 1. The molecule has 0 amide bonds. The second-order valence-electron chi connectivity index (χ2n) is 2.79. The number of nitro benzene ring substituents is 1. The summed E-state index contributed by atoms with van der Waals surface area (Å²) < 4.78 is 5.79. The lowest BCUT2D eigenvalue weighted by Gasteiger charge is -2.02. The van der Waals surface area contributed by atoms with Gasteiger partial charge in [-0.2, -0.15) is 0 Å². The predicted octanol–water partition coefficient (Wildman–Crippen LogP) is 3.65. The van der Waals surface area contributed by atoms with Gasteiger partial charge in [-0.25, -0.2) is 0 Å². The smallest absolute Gasteiger partial charge is 0.311 e. The van der Waals surface area contributed by atoms with Crippen LogP contribution in [0.4, 0.5) is 5.69 Å². The lowest BCUT2D eigenvalue weighted by molar-refractivity contribution is -0.385. The Morgan fingerprint density at radius 2 is 2.24 bits per heavy atom. The van der Waals surface area contributed by atoms with Gasteiger partial charge in [0.2, 0.25) is 5.75 Å². The van der Waals surface area contributed by atoms with Gasteiger partial charge in [-0.3, -0.25) is 10.1 Å². The van der Waals surface area contributed by atoms with Crippen molar-refractivity contribution in [2.24, 2.45) is 0 Å². The Kier molecular flexibility index (Phi) is 3.55. The molecule has 0 aliphatic carbocycles. The Hall–Kier alpha value is -1.25. The molecule has 0 saturated carbocycles. The third-order valence-electron chi connectivity index (χ3n) is 1.70. The number of halogens is 2. The Bertz CT molecular complexity index is 577. The fraction of sp³-hybridized carbons (Fsp3) is 0. The molecular weight excluding hydrogens is 334 g/mol. The van der Waals surface area contributed by atoms with E-state index in [1.807, 2.05) is 0 Å². The molecule has 1 aromatic heterocycles. The standard InChI is InChI=1S/C8H3BrClN3O3S/c9-7-11-12-8(17-7)16-6-3-4(10)1-2-5(6)13(14)15/h1-3H. The van der Waals surface area contributed by atoms with Crippen LogP contribution in [0.25, 0.3) is 0 Å². The number of rotatable bonds is 3. The molecule has 1 aromatic carbocycles. The molecule has 6 nitrogen and oxygen atoms in total. The number of hydrogen-bond acceptors (Lipinski definition) is 6. The van der Waals surface area contributed by atoms with Gasteiger partial charge in [0.15, 0.2) is 3.92 Å². The van der Waals surface area contributed by atoms with E-state index in [0.717, 1.165) is 11.3 Å². The van der Waals surface area contributed by atoms with Crippen molar-refractivity contribution in [2.75, 3.05) is 0 Å². The summed E-state index contributed by atoms with van der Waals surface area (Å²) in [5.41, 5.74) is -0.180. The summed E-state index contributed by atoms with van der Waals surface area (Å²) in [5.74, 6) is 0.0335. The molecule has 88 valence electrons. The summed E-state index contributed by atoms with van der Waals surface area (Å²) >= 11 is 9.98. The van der Waals surface area contributed by atoms with Crippen LogP contribution in [-0.2, 0) is 0 Å². The maximum absolute atomic E-state index is 10.8. The molecule has 0 fully saturated rings. The summed E-state index contributed by atoms with van der Waals surface area (Å²) in [5, 5.41) is 18.6. The van der Waals surface area contributed by atoms with Crippen molar-refractivity contribution in [2.45, 2.75) is 0 Å². The van der Waals surface area contributed by atoms with Gasteiger partial charge in [0, 0.05) is 17.2 Å². The maximum Gasteiger partial charge on any atom is 0.311 e. The summed E-state index contributed by atoms with van der Waals surface area (Å²) in [6.07, 6.45) is 0. The van der Waals surface area contributed by atoms with Gasteiger partial charge < -0.3 is 4.74 Å². The molecule has 1 heterocycles. The number of benzene rings is 1. The molecular formula is C8H3BrClN3O3S. The van der Waals surface area contributed by atoms with Crippen LogP contribution in [0.5, 0.6) is 10.9 Å². The first-order chi connectivity index (χ1) is 8.06. The van der Waals surface area contributed by atoms with Crippen molar-refractivity contribution >= 4 is 44.6 Å². The largest absolute Gasteiger partial charge is 0.422 e. The molecule has 0 atom stereocenters. The number of hydrogen-bond donors (Lipinski definition) is 0. The van der Waals surface area contributed by atoms with Crippen molar-refractivity contribution in [3.05, 3.63) is 37.3 Å². The van der Waals surface area contributed by atoms with E-state index in [0.29, 0.717) is 8.94 Å². The van der Waals surface area contributed by atoms with Crippen LogP contribution >= 0.6 is 38.9 Å². The average molecular weight is 337 g/mol. The third-order valence-corrected chi connectivity index (χ3v) is 3.17. The fourth-order valence-electron chi connectivity index (χ4n) is 1.05. The van der Waals surface area contributed by atoms with Gasteiger partial charge in [-0.15, -0.1) is 5.10 Å². The van der Waals surface area contributed by atoms with Crippen molar-refractivity contribution in [3.8, 4) is 10.9 Å². The normalized spacial score (nSPS) is 10.2. The molecule has 0 aliphatic heterocycles. The molecule has 0 aliphatic rings. The summed E-state index contributed by atoms with van der Waals surface area (Å²) in [6.45, 7) is 0. The summed E-state index contributed by atoms with van der Waals surface area (Å²) in [6, 6.07) is 4.05. The first-order valence-corrected chi connectivity index (χ1v) is 6.16. The highest BCUT2D eigenvalue weighted by molar-refractivity contribution is 9.11. The number of aromatic nitrogens is 2. The highest BCUT2D eigenvalue weighted by Crippen LogP contribution is 2.35. The van der Waals surface area contributed by atoms with E-state index in [2.05, 4.69) is 26.1 Å². The molecule has 0 bridgehead atoms. The Balaban J connectivity index is 2.37. The van der Waals surface area contributed by atoms with Crippen molar-refractivity contribution in [1.29, 1.82) is 0 Å². The van der Waals surface area contributed by atoms with E-state index in [1.54, 1.807) is 0 Å². The van der Waals surface area contributed by atoms with Crippen LogP contribution in [0.3, 0.4) is 0 Å². The monoisotopic (exact) mass is 335 g/mol. The molecule has 0 radical (unpaired) electrons. The fourth-order valence-corrected chi connectivity index (χ4v) is 2.14. The van der Waals surface area contributed by atoms with E-state index in [9.17, 15) is 10.1 Å². The SMILES string of the molecule is O=[N+]([O-])c1ccc(Cl)cc1Oc1nnc(Br)s1. The first kappa shape index (κ1) is 12.2. The minimum Gasteiger partial charge on any atom is -0.422 e. The number of nitrogens with zero attached hydrogens (tertiary/aromatic N) is 3. The quantitative estimate of drug-likeness (QED) is 0.631.